The van der Waals surface area contributed by atoms with Gasteiger partial charge in [0.15, 0.2) is 6.61 Å². The smallest absolute Gasteiger partial charge is 0.307 e. The normalized spacial score (nSPS) is 10.0. The molecular formula is C19H20N2O4S. The predicted octanol–water partition coefficient (Wildman–Crippen LogP) is 3.31. The van der Waals surface area contributed by atoms with Gasteiger partial charge in [-0.1, -0.05) is 24.3 Å². The van der Waals surface area contributed by atoms with E-state index < -0.39 is 11.9 Å². The summed E-state index contributed by atoms with van der Waals surface area (Å²) in [5.74, 6) is -0.469. The van der Waals surface area contributed by atoms with Crippen LogP contribution in [0.3, 0.4) is 0 Å². The van der Waals surface area contributed by atoms with E-state index in [0.717, 1.165) is 4.90 Å². The van der Waals surface area contributed by atoms with Crippen LogP contribution in [0.4, 0.5) is 11.4 Å². The van der Waals surface area contributed by atoms with Crippen molar-refractivity contribution in [2.75, 3.05) is 23.0 Å². The van der Waals surface area contributed by atoms with E-state index in [2.05, 4.69) is 10.6 Å². The number of nitrogens with one attached hydrogen (secondary N) is 2. The maximum absolute atomic E-state index is 11.9. The standard InChI is InChI=1S/C19H20N2O4S/c1-14(22)20-15-6-5-7-16(12-15)21-18(23)13-25-19(24)10-11-26-17-8-3-2-4-9-17/h2-9,12H,10-11,13H2,1H3,(H,20,22)(H,21,23). The Morgan fingerprint density at radius 3 is 2.35 bits per heavy atom. The molecule has 2 amide bonds. The lowest BCUT2D eigenvalue weighted by molar-refractivity contribution is -0.146. The number of ether oxygens (including phenoxy) is 1. The minimum atomic E-state index is -0.436. The minimum absolute atomic E-state index is 0.198. The maximum atomic E-state index is 11.9. The molecule has 0 spiro atoms. The topological polar surface area (TPSA) is 84.5 Å². The average molecular weight is 372 g/mol. The van der Waals surface area contributed by atoms with Crippen LogP contribution in [0.15, 0.2) is 59.5 Å². The molecule has 0 heterocycles. The number of carbonyl (C=O) groups excluding carboxylic acids is 3. The molecule has 6 nitrogen and oxygen atoms in total. The van der Waals surface area contributed by atoms with Crippen LogP contribution < -0.4 is 10.6 Å². The van der Waals surface area contributed by atoms with E-state index in [1.807, 2.05) is 30.3 Å². The second-order valence-corrected chi connectivity index (χ2v) is 6.55. The van der Waals surface area contributed by atoms with E-state index in [-0.39, 0.29) is 18.9 Å². The van der Waals surface area contributed by atoms with Crippen molar-refractivity contribution in [3.63, 3.8) is 0 Å². The summed E-state index contributed by atoms with van der Waals surface area (Å²) < 4.78 is 4.97. The molecule has 2 aromatic rings. The van der Waals surface area contributed by atoms with E-state index in [9.17, 15) is 14.4 Å². The SMILES string of the molecule is CC(=O)Nc1cccc(NC(=O)COC(=O)CCSc2ccccc2)c1. The quantitative estimate of drug-likeness (QED) is 0.549. The molecule has 26 heavy (non-hydrogen) atoms. The van der Waals surface area contributed by atoms with Gasteiger partial charge in [-0.15, -0.1) is 11.8 Å². The fraction of sp³-hybridized carbons (Fsp3) is 0.211. The summed E-state index contributed by atoms with van der Waals surface area (Å²) in [6.07, 6.45) is 0.227. The van der Waals surface area contributed by atoms with Gasteiger partial charge < -0.3 is 15.4 Å². The summed E-state index contributed by atoms with van der Waals surface area (Å²) >= 11 is 1.56. The third kappa shape index (κ3) is 7.40. The first kappa shape index (κ1) is 19.5. The molecule has 7 heteroatoms. The fourth-order valence-corrected chi connectivity index (χ4v) is 2.92. The summed E-state index contributed by atoms with van der Waals surface area (Å²) in [6, 6.07) is 16.5. The average Bonchev–Trinajstić information content (AvgIpc) is 2.61. The van der Waals surface area contributed by atoms with E-state index in [0.29, 0.717) is 17.1 Å². The molecule has 0 aliphatic rings. The van der Waals surface area contributed by atoms with Crippen LogP contribution in [0, 0.1) is 0 Å². The van der Waals surface area contributed by atoms with E-state index >= 15 is 0 Å². The molecule has 0 fully saturated rings. The molecule has 0 atom stereocenters. The van der Waals surface area contributed by atoms with Crippen molar-refractivity contribution in [2.45, 2.75) is 18.2 Å². The second kappa shape index (κ2) is 10.2. The molecule has 0 saturated carbocycles. The van der Waals surface area contributed by atoms with Crippen LogP contribution in [0.5, 0.6) is 0 Å². The maximum Gasteiger partial charge on any atom is 0.307 e. The minimum Gasteiger partial charge on any atom is -0.456 e. The van der Waals surface area contributed by atoms with Gasteiger partial charge in [0.2, 0.25) is 5.91 Å². The predicted molar refractivity (Wildman–Crippen MR) is 102 cm³/mol. The highest BCUT2D eigenvalue weighted by Crippen LogP contribution is 2.18. The molecule has 136 valence electrons. The van der Waals surface area contributed by atoms with Gasteiger partial charge in [-0.05, 0) is 30.3 Å². The Labute approximate surface area is 156 Å². The van der Waals surface area contributed by atoms with Gasteiger partial charge in [0.25, 0.3) is 5.91 Å². The molecule has 2 N–H and O–H groups in total. The zero-order valence-corrected chi connectivity index (χ0v) is 15.2. The van der Waals surface area contributed by atoms with Crippen molar-refractivity contribution >= 4 is 40.9 Å². The van der Waals surface area contributed by atoms with E-state index in [4.69, 9.17) is 4.74 Å². The summed E-state index contributed by atoms with van der Waals surface area (Å²) in [6.45, 7) is 1.06. The number of esters is 1. The van der Waals surface area contributed by atoms with Crippen molar-refractivity contribution in [1.82, 2.24) is 0 Å². The summed E-state index contributed by atoms with van der Waals surface area (Å²) in [7, 11) is 0. The van der Waals surface area contributed by atoms with Gasteiger partial charge in [0.05, 0.1) is 6.42 Å². The fourth-order valence-electron chi connectivity index (χ4n) is 2.06. The number of amides is 2. The van der Waals surface area contributed by atoms with Gasteiger partial charge in [-0.3, -0.25) is 14.4 Å². The molecule has 0 bridgehead atoms. The highest BCUT2D eigenvalue weighted by molar-refractivity contribution is 7.99. The zero-order chi connectivity index (χ0) is 18.8. The molecule has 0 radical (unpaired) electrons. The molecule has 0 aliphatic heterocycles. The second-order valence-electron chi connectivity index (χ2n) is 5.38. The molecule has 0 unspecified atom stereocenters. The van der Waals surface area contributed by atoms with Gasteiger partial charge in [0, 0.05) is 28.9 Å². The first-order valence-electron chi connectivity index (χ1n) is 8.04. The van der Waals surface area contributed by atoms with Crippen LogP contribution in [0.2, 0.25) is 0 Å². The number of anilines is 2. The van der Waals surface area contributed by atoms with Crippen molar-refractivity contribution in [3.8, 4) is 0 Å². The lowest BCUT2D eigenvalue weighted by Gasteiger charge is -2.08. The van der Waals surface area contributed by atoms with Crippen molar-refractivity contribution in [1.29, 1.82) is 0 Å². The molecule has 2 aromatic carbocycles. The van der Waals surface area contributed by atoms with Crippen molar-refractivity contribution in [2.24, 2.45) is 0 Å². The zero-order valence-electron chi connectivity index (χ0n) is 14.4. The lowest BCUT2D eigenvalue weighted by atomic mass is 10.2. The number of rotatable bonds is 8. The first-order chi connectivity index (χ1) is 12.5. The van der Waals surface area contributed by atoms with E-state index in [1.165, 1.54) is 6.92 Å². The number of hydrogen-bond acceptors (Lipinski definition) is 5. The Morgan fingerprint density at radius 2 is 1.65 bits per heavy atom. The Balaban J connectivity index is 1.69. The number of hydrogen-bond donors (Lipinski definition) is 2. The summed E-state index contributed by atoms with van der Waals surface area (Å²) in [5, 5.41) is 5.25. The van der Waals surface area contributed by atoms with Crippen molar-refractivity contribution in [3.05, 3.63) is 54.6 Å². The summed E-state index contributed by atoms with van der Waals surface area (Å²) in [4.78, 5) is 35.7. The Hall–Kier alpha value is -2.80. The first-order valence-corrected chi connectivity index (χ1v) is 9.02. The number of benzene rings is 2. The van der Waals surface area contributed by atoms with Crippen LogP contribution in [0.25, 0.3) is 0 Å². The molecular weight excluding hydrogens is 352 g/mol. The van der Waals surface area contributed by atoms with Gasteiger partial charge in [0.1, 0.15) is 0 Å². The largest absolute Gasteiger partial charge is 0.456 e. The molecule has 0 aromatic heterocycles. The highest BCUT2D eigenvalue weighted by Gasteiger charge is 2.09. The monoisotopic (exact) mass is 372 g/mol. The van der Waals surface area contributed by atoms with Crippen LogP contribution in [-0.4, -0.2) is 30.1 Å². The Bertz CT molecular complexity index is 765. The number of carbonyl (C=O) groups is 3. The lowest BCUT2D eigenvalue weighted by Crippen LogP contribution is -2.21. The Morgan fingerprint density at radius 1 is 0.962 bits per heavy atom. The molecule has 0 aliphatic carbocycles. The van der Waals surface area contributed by atoms with Crippen LogP contribution >= 0.6 is 11.8 Å². The molecule has 2 rings (SSSR count). The summed E-state index contributed by atoms with van der Waals surface area (Å²) in [5.41, 5.74) is 1.09. The van der Waals surface area contributed by atoms with Crippen molar-refractivity contribution < 1.29 is 19.1 Å². The third-order valence-electron chi connectivity index (χ3n) is 3.15. The highest BCUT2D eigenvalue weighted by atomic mass is 32.2. The number of thioether (sulfide) groups is 1. The van der Waals surface area contributed by atoms with Crippen LogP contribution in [0.1, 0.15) is 13.3 Å². The van der Waals surface area contributed by atoms with Gasteiger partial charge in [-0.25, -0.2) is 0 Å². The van der Waals surface area contributed by atoms with Gasteiger partial charge in [-0.2, -0.15) is 0 Å². The van der Waals surface area contributed by atoms with Crippen LogP contribution in [-0.2, 0) is 19.1 Å². The van der Waals surface area contributed by atoms with E-state index in [1.54, 1.807) is 36.0 Å². The molecule has 0 saturated heterocycles. The Kier molecular flexibility index (Phi) is 7.70. The third-order valence-corrected chi connectivity index (χ3v) is 4.16. The van der Waals surface area contributed by atoms with Gasteiger partial charge >= 0.3 is 5.97 Å².